The summed E-state index contributed by atoms with van der Waals surface area (Å²) in [7, 11) is 0. The van der Waals surface area contributed by atoms with Gasteiger partial charge >= 0.3 is 12.1 Å². The predicted molar refractivity (Wildman–Crippen MR) is 122 cm³/mol. The lowest BCUT2D eigenvalue weighted by atomic mass is 9.98. The van der Waals surface area contributed by atoms with Crippen molar-refractivity contribution in [1.82, 2.24) is 10.2 Å². The molecule has 184 valence electrons. The molecule has 0 bridgehead atoms. The molecular formula is C26H26F2N2O5. The number of ether oxygens (including phenoxy) is 1. The van der Waals surface area contributed by atoms with E-state index in [4.69, 9.17) is 9.84 Å². The molecule has 1 saturated carbocycles. The molecule has 2 N–H and O–H groups in total. The third-order valence-electron chi connectivity index (χ3n) is 7.40. The Morgan fingerprint density at radius 2 is 1.66 bits per heavy atom. The van der Waals surface area contributed by atoms with E-state index in [0.717, 1.165) is 27.2 Å². The molecule has 1 unspecified atom stereocenters. The predicted octanol–water partition coefficient (Wildman–Crippen LogP) is 3.87. The Bertz CT molecular complexity index is 1120. The first kappa shape index (κ1) is 23.3. The van der Waals surface area contributed by atoms with Gasteiger partial charge in [-0.15, -0.1) is 0 Å². The van der Waals surface area contributed by atoms with Crippen LogP contribution in [0.3, 0.4) is 0 Å². The maximum absolute atomic E-state index is 14.1. The van der Waals surface area contributed by atoms with Crippen molar-refractivity contribution < 1.29 is 33.0 Å². The number of alkyl halides is 2. The van der Waals surface area contributed by atoms with Crippen LogP contribution in [-0.4, -0.2) is 59.6 Å². The molecule has 2 fully saturated rings. The third kappa shape index (κ3) is 4.24. The van der Waals surface area contributed by atoms with Crippen molar-refractivity contribution in [3.63, 3.8) is 0 Å². The minimum absolute atomic E-state index is 0.103. The SMILES string of the molecule is O=C(N[C@@H]1CCC[C@@H]1C(=O)N1CC(C(=O)O)C(F)(F)C1)OCC1c2ccccc2-c2ccccc21. The van der Waals surface area contributed by atoms with Crippen molar-refractivity contribution in [2.75, 3.05) is 19.7 Å². The number of hydrogen-bond donors (Lipinski definition) is 2. The summed E-state index contributed by atoms with van der Waals surface area (Å²) < 4.78 is 33.7. The summed E-state index contributed by atoms with van der Waals surface area (Å²) in [5, 5.41) is 11.8. The lowest BCUT2D eigenvalue weighted by Crippen LogP contribution is -2.45. The second kappa shape index (κ2) is 8.94. The van der Waals surface area contributed by atoms with Gasteiger partial charge in [0.15, 0.2) is 0 Å². The quantitative estimate of drug-likeness (QED) is 0.672. The number of rotatable bonds is 5. The lowest BCUT2D eigenvalue weighted by molar-refractivity contribution is -0.151. The summed E-state index contributed by atoms with van der Waals surface area (Å²) in [5.74, 6) is -8.34. The Morgan fingerprint density at radius 1 is 1.03 bits per heavy atom. The largest absolute Gasteiger partial charge is 0.481 e. The molecule has 9 heteroatoms. The first-order chi connectivity index (χ1) is 16.8. The summed E-state index contributed by atoms with van der Waals surface area (Å²) in [6, 6.07) is 15.4. The highest BCUT2D eigenvalue weighted by atomic mass is 19.3. The minimum Gasteiger partial charge on any atom is -0.481 e. The number of nitrogens with one attached hydrogen (secondary N) is 1. The topological polar surface area (TPSA) is 95.9 Å². The molecule has 2 amide bonds. The molecule has 1 heterocycles. The standard InChI is InChI=1S/C26H26F2N2O5/c27-26(28)14-30(12-21(26)24(32)33)23(31)19-10-5-11-22(19)29-25(34)35-13-20-17-8-3-1-6-15(17)16-7-2-4-9-18(16)20/h1-4,6-9,19-22H,5,10-14H2,(H,29,34)(H,32,33)/t19-,21?,22+/m0/s1. The highest BCUT2D eigenvalue weighted by Gasteiger charge is 2.54. The number of hydrogen-bond acceptors (Lipinski definition) is 4. The van der Waals surface area contributed by atoms with Crippen molar-refractivity contribution in [3.05, 3.63) is 59.7 Å². The first-order valence-electron chi connectivity index (χ1n) is 11.8. The van der Waals surface area contributed by atoms with Gasteiger partial charge in [-0.1, -0.05) is 55.0 Å². The molecule has 2 aliphatic carbocycles. The normalized spacial score (nSPS) is 24.6. The second-order valence-electron chi connectivity index (χ2n) is 9.48. The van der Waals surface area contributed by atoms with E-state index in [-0.39, 0.29) is 12.5 Å². The van der Waals surface area contributed by atoms with E-state index in [1.165, 1.54) is 0 Å². The number of carboxylic acid groups (broad SMARTS) is 1. The summed E-state index contributed by atoms with van der Waals surface area (Å²) in [6.45, 7) is -1.32. The smallest absolute Gasteiger partial charge is 0.407 e. The molecule has 2 aromatic carbocycles. The summed E-state index contributed by atoms with van der Waals surface area (Å²) in [5.41, 5.74) is 4.39. The van der Waals surface area contributed by atoms with Crippen LogP contribution in [0.25, 0.3) is 11.1 Å². The van der Waals surface area contributed by atoms with Gasteiger partial charge in [0.05, 0.1) is 12.5 Å². The van der Waals surface area contributed by atoms with Crippen LogP contribution < -0.4 is 5.32 Å². The van der Waals surface area contributed by atoms with E-state index in [1.807, 2.05) is 48.5 Å². The number of carbonyl (C=O) groups excluding carboxylic acids is 2. The maximum atomic E-state index is 14.1. The van der Waals surface area contributed by atoms with Crippen molar-refractivity contribution in [1.29, 1.82) is 0 Å². The van der Waals surface area contributed by atoms with Crippen LogP contribution in [0.15, 0.2) is 48.5 Å². The van der Waals surface area contributed by atoms with E-state index in [0.29, 0.717) is 19.3 Å². The van der Waals surface area contributed by atoms with Crippen LogP contribution >= 0.6 is 0 Å². The average Bonchev–Trinajstić information content (AvgIpc) is 3.51. The molecule has 0 spiro atoms. The van der Waals surface area contributed by atoms with E-state index < -0.39 is 54.9 Å². The van der Waals surface area contributed by atoms with E-state index in [1.54, 1.807) is 0 Å². The molecule has 1 saturated heterocycles. The second-order valence-corrected chi connectivity index (χ2v) is 9.48. The number of nitrogens with zero attached hydrogens (tertiary/aromatic N) is 1. The number of carbonyl (C=O) groups is 3. The van der Waals surface area contributed by atoms with Crippen molar-refractivity contribution in [2.45, 2.75) is 37.1 Å². The molecule has 7 nitrogen and oxygen atoms in total. The van der Waals surface area contributed by atoms with Gasteiger partial charge in [0.1, 0.15) is 12.5 Å². The van der Waals surface area contributed by atoms with Gasteiger partial charge in [-0.2, -0.15) is 0 Å². The van der Waals surface area contributed by atoms with Crippen LogP contribution in [0.4, 0.5) is 13.6 Å². The zero-order valence-electron chi connectivity index (χ0n) is 19.0. The first-order valence-corrected chi connectivity index (χ1v) is 11.8. The molecular weight excluding hydrogens is 458 g/mol. The Balaban J connectivity index is 1.21. The van der Waals surface area contributed by atoms with E-state index >= 15 is 0 Å². The maximum Gasteiger partial charge on any atom is 0.407 e. The zero-order valence-corrected chi connectivity index (χ0v) is 19.0. The van der Waals surface area contributed by atoms with Crippen LogP contribution in [0, 0.1) is 11.8 Å². The van der Waals surface area contributed by atoms with Crippen LogP contribution in [-0.2, 0) is 14.3 Å². The number of fused-ring (bicyclic) bond motifs is 3. The minimum atomic E-state index is -3.48. The summed E-state index contributed by atoms with van der Waals surface area (Å²) in [4.78, 5) is 37.7. The molecule has 0 radical (unpaired) electrons. The van der Waals surface area contributed by atoms with Gasteiger partial charge in [-0.3, -0.25) is 9.59 Å². The van der Waals surface area contributed by atoms with Gasteiger partial charge in [-0.25, -0.2) is 13.6 Å². The Morgan fingerprint density at radius 3 is 2.26 bits per heavy atom. The fraction of sp³-hybridized carbons (Fsp3) is 0.423. The molecule has 0 aromatic heterocycles. The summed E-state index contributed by atoms with van der Waals surface area (Å²) in [6.07, 6.45) is 0.948. The molecule has 35 heavy (non-hydrogen) atoms. The number of halogens is 2. The number of alkyl carbamates (subject to hydrolysis) is 1. The van der Waals surface area contributed by atoms with Crippen LogP contribution in [0.5, 0.6) is 0 Å². The van der Waals surface area contributed by atoms with E-state index in [2.05, 4.69) is 5.32 Å². The Labute approximate surface area is 201 Å². The molecule has 3 aliphatic rings. The van der Waals surface area contributed by atoms with Gasteiger partial charge in [-0.05, 0) is 35.1 Å². The fourth-order valence-electron chi connectivity index (χ4n) is 5.66. The Hall–Kier alpha value is -3.49. The van der Waals surface area contributed by atoms with Crippen LogP contribution in [0.2, 0.25) is 0 Å². The summed E-state index contributed by atoms with van der Waals surface area (Å²) >= 11 is 0. The van der Waals surface area contributed by atoms with Gasteiger partial charge in [0, 0.05) is 18.5 Å². The van der Waals surface area contributed by atoms with Crippen molar-refractivity contribution >= 4 is 18.0 Å². The molecule has 5 rings (SSSR count). The zero-order chi connectivity index (χ0) is 24.7. The van der Waals surface area contributed by atoms with Crippen LogP contribution in [0.1, 0.15) is 36.3 Å². The van der Waals surface area contributed by atoms with Gasteiger partial charge in [0.2, 0.25) is 5.91 Å². The third-order valence-corrected chi connectivity index (χ3v) is 7.40. The average molecular weight is 484 g/mol. The van der Waals surface area contributed by atoms with E-state index in [9.17, 15) is 23.2 Å². The lowest BCUT2D eigenvalue weighted by Gasteiger charge is -2.25. The van der Waals surface area contributed by atoms with Gasteiger partial charge in [0.25, 0.3) is 5.92 Å². The Kier molecular flexibility index (Phi) is 5.94. The number of amides is 2. The number of likely N-dealkylation sites (tertiary alicyclic amines) is 1. The highest BCUT2D eigenvalue weighted by Crippen LogP contribution is 2.44. The number of carboxylic acids is 1. The van der Waals surface area contributed by atoms with Crippen molar-refractivity contribution in [3.8, 4) is 11.1 Å². The monoisotopic (exact) mass is 484 g/mol. The highest BCUT2D eigenvalue weighted by molar-refractivity contribution is 5.83. The number of aliphatic carboxylic acids is 1. The molecule has 2 aromatic rings. The molecule has 1 aliphatic heterocycles. The van der Waals surface area contributed by atoms with Gasteiger partial charge < -0.3 is 20.1 Å². The number of benzene rings is 2. The van der Waals surface area contributed by atoms with Crippen molar-refractivity contribution in [2.24, 2.45) is 11.8 Å². The fourth-order valence-corrected chi connectivity index (χ4v) is 5.66. The molecule has 3 atom stereocenters.